The van der Waals surface area contributed by atoms with E-state index in [1.165, 1.54) is 18.4 Å². The average molecular weight is 306 g/mol. The van der Waals surface area contributed by atoms with Crippen LogP contribution in [0.3, 0.4) is 0 Å². The average Bonchev–Trinajstić information content (AvgIpc) is 3.28. The lowest BCUT2D eigenvalue weighted by Gasteiger charge is -2.09. The number of imidazole rings is 1. The highest BCUT2D eigenvalue weighted by molar-refractivity contribution is 5.78. The topological polar surface area (TPSA) is 42.7 Å². The van der Waals surface area contributed by atoms with Crippen LogP contribution in [0.4, 0.5) is 11.5 Å². The number of anilines is 2. The molecular formula is C19H22N4. The first-order valence-electron chi connectivity index (χ1n) is 8.37. The zero-order chi connectivity index (χ0) is 15.8. The summed E-state index contributed by atoms with van der Waals surface area (Å²) in [5, 5.41) is 3.40. The van der Waals surface area contributed by atoms with Crippen LogP contribution in [0.25, 0.3) is 11.0 Å². The minimum atomic E-state index is 0.551. The lowest BCUT2D eigenvalue weighted by molar-refractivity contribution is 0.642. The summed E-state index contributed by atoms with van der Waals surface area (Å²) in [4.78, 5) is 8.93. The molecule has 0 radical (unpaired) electrons. The standard InChI is InChI=1S/C19H22N4/c1-13(2)15-5-7-16(8-6-15)22-19-9-18-17(10-20-19)21-12-23(18)11-14-3-4-14/h5-10,12-14H,3-4,11H2,1-2H3,(H,20,22). The van der Waals surface area contributed by atoms with Gasteiger partial charge in [-0.3, -0.25) is 0 Å². The van der Waals surface area contributed by atoms with Gasteiger partial charge in [-0.25, -0.2) is 9.97 Å². The van der Waals surface area contributed by atoms with Crippen LogP contribution in [0.5, 0.6) is 0 Å². The molecule has 0 spiro atoms. The first-order chi connectivity index (χ1) is 11.2. The second-order valence-electron chi connectivity index (χ2n) is 6.80. The minimum Gasteiger partial charge on any atom is -0.340 e. The summed E-state index contributed by atoms with van der Waals surface area (Å²) in [5.41, 5.74) is 4.54. The van der Waals surface area contributed by atoms with Gasteiger partial charge in [0, 0.05) is 18.3 Å². The molecule has 0 saturated heterocycles. The maximum absolute atomic E-state index is 4.48. The number of benzene rings is 1. The fourth-order valence-electron chi connectivity index (χ4n) is 2.85. The molecule has 2 heterocycles. The van der Waals surface area contributed by atoms with Gasteiger partial charge in [0.05, 0.1) is 18.0 Å². The Balaban J connectivity index is 1.58. The predicted molar refractivity (Wildman–Crippen MR) is 94.1 cm³/mol. The number of hydrogen-bond donors (Lipinski definition) is 1. The molecule has 118 valence electrons. The van der Waals surface area contributed by atoms with Crippen LogP contribution in [-0.2, 0) is 6.54 Å². The van der Waals surface area contributed by atoms with Crippen molar-refractivity contribution in [2.45, 2.75) is 39.2 Å². The van der Waals surface area contributed by atoms with E-state index in [1.54, 1.807) is 0 Å². The van der Waals surface area contributed by atoms with Crippen molar-refractivity contribution in [3.63, 3.8) is 0 Å². The summed E-state index contributed by atoms with van der Waals surface area (Å²) >= 11 is 0. The number of aromatic nitrogens is 3. The van der Waals surface area contributed by atoms with Crippen molar-refractivity contribution < 1.29 is 0 Å². The number of nitrogens with zero attached hydrogens (tertiary/aromatic N) is 3. The summed E-state index contributed by atoms with van der Waals surface area (Å²) in [6, 6.07) is 10.7. The quantitative estimate of drug-likeness (QED) is 0.742. The Morgan fingerprint density at radius 1 is 1.17 bits per heavy atom. The maximum atomic E-state index is 4.48. The molecular weight excluding hydrogens is 284 g/mol. The molecule has 1 saturated carbocycles. The first kappa shape index (κ1) is 14.2. The summed E-state index contributed by atoms with van der Waals surface area (Å²) < 4.78 is 2.25. The molecule has 0 aliphatic heterocycles. The SMILES string of the molecule is CC(C)c1ccc(Nc2cc3c(cn2)ncn3CC2CC2)cc1. The van der Waals surface area contributed by atoms with Crippen molar-refractivity contribution in [2.75, 3.05) is 5.32 Å². The van der Waals surface area contributed by atoms with Crippen LogP contribution < -0.4 is 5.32 Å². The van der Waals surface area contributed by atoms with Crippen molar-refractivity contribution in [1.82, 2.24) is 14.5 Å². The first-order valence-corrected chi connectivity index (χ1v) is 8.37. The van der Waals surface area contributed by atoms with Crippen molar-refractivity contribution in [3.05, 3.63) is 48.4 Å². The van der Waals surface area contributed by atoms with E-state index in [-0.39, 0.29) is 0 Å². The Hall–Kier alpha value is -2.36. The zero-order valence-corrected chi connectivity index (χ0v) is 13.7. The number of pyridine rings is 1. The molecule has 23 heavy (non-hydrogen) atoms. The summed E-state index contributed by atoms with van der Waals surface area (Å²) in [6.45, 7) is 5.49. The predicted octanol–water partition coefficient (Wildman–Crippen LogP) is 4.71. The van der Waals surface area contributed by atoms with E-state index < -0.39 is 0 Å². The van der Waals surface area contributed by atoms with E-state index in [0.29, 0.717) is 5.92 Å². The summed E-state index contributed by atoms with van der Waals surface area (Å²) in [5.74, 6) is 2.25. The highest BCUT2D eigenvalue weighted by atomic mass is 15.1. The molecule has 2 aromatic heterocycles. The lowest BCUT2D eigenvalue weighted by atomic mass is 10.0. The lowest BCUT2D eigenvalue weighted by Crippen LogP contribution is -1.99. The van der Waals surface area contributed by atoms with Gasteiger partial charge in [0.1, 0.15) is 11.3 Å². The normalized spacial score (nSPS) is 14.6. The van der Waals surface area contributed by atoms with Gasteiger partial charge in [-0.15, -0.1) is 0 Å². The highest BCUT2D eigenvalue weighted by Crippen LogP contribution is 2.32. The maximum Gasteiger partial charge on any atom is 0.132 e. The number of nitrogens with one attached hydrogen (secondary N) is 1. The van der Waals surface area contributed by atoms with Gasteiger partial charge in [0.2, 0.25) is 0 Å². The van der Waals surface area contributed by atoms with Crippen molar-refractivity contribution >= 4 is 22.5 Å². The number of rotatable bonds is 5. The molecule has 4 heteroatoms. The smallest absolute Gasteiger partial charge is 0.132 e. The van der Waals surface area contributed by atoms with Gasteiger partial charge in [0.15, 0.2) is 0 Å². The monoisotopic (exact) mass is 306 g/mol. The molecule has 1 N–H and O–H groups in total. The van der Waals surface area contributed by atoms with Crippen molar-refractivity contribution in [1.29, 1.82) is 0 Å². The molecule has 1 fully saturated rings. The Morgan fingerprint density at radius 2 is 1.96 bits per heavy atom. The second-order valence-corrected chi connectivity index (χ2v) is 6.80. The molecule has 1 aliphatic rings. The zero-order valence-electron chi connectivity index (χ0n) is 13.7. The van der Waals surface area contributed by atoms with Crippen LogP contribution in [0.1, 0.15) is 38.2 Å². The van der Waals surface area contributed by atoms with Gasteiger partial charge in [-0.2, -0.15) is 0 Å². The van der Waals surface area contributed by atoms with Crippen LogP contribution in [0.15, 0.2) is 42.9 Å². The fraction of sp³-hybridized carbons (Fsp3) is 0.368. The third-order valence-electron chi connectivity index (χ3n) is 4.51. The van der Waals surface area contributed by atoms with Gasteiger partial charge in [-0.1, -0.05) is 26.0 Å². The van der Waals surface area contributed by atoms with Crippen molar-refractivity contribution in [2.24, 2.45) is 5.92 Å². The molecule has 1 aliphatic carbocycles. The van der Waals surface area contributed by atoms with E-state index >= 15 is 0 Å². The molecule has 1 aromatic carbocycles. The summed E-state index contributed by atoms with van der Waals surface area (Å²) in [6.07, 6.45) is 6.48. The fourth-order valence-corrected chi connectivity index (χ4v) is 2.85. The Bertz CT molecular complexity index is 813. The van der Waals surface area contributed by atoms with Crippen LogP contribution in [-0.4, -0.2) is 14.5 Å². The van der Waals surface area contributed by atoms with E-state index in [4.69, 9.17) is 0 Å². The number of fused-ring (bicyclic) bond motifs is 1. The molecule has 0 amide bonds. The second kappa shape index (κ2) is 5.69. The Kier molecular flexibility index (Phi) is 3.52. The van der Waals surface area contributed by atoms with Gasteiger partial charge < -0.3 is 9.88 Å². The highest BCUT2D eigenvalue weighted by Gasteiger charge is 2.22. The third-order valence-corrected chi connectivity index (χ3v) is 4.51. The Morgan fingerprint density at radius 3 is 2.65 bits per heavy atom. The van der Waals surface area contributed by atoms with Gasteiger partial charge in [0.25, 0.3) is 0 Å². The molecule has 0 atom stereocenters. The molecule has 4 rings (SSSR count). The molecule has 0 unspecified atom stereocenters. The van der Waals surface area contributed by atoms with Crippen molar-refractivity contribution in [3.8, 4) is 0 Å². The van der Waals surface area contributed by atoms with Crippen LogP contribution in [0, 0.1) is 5.92 Å². The van der Waals surface area contributed by atoms with Gasteiger partial charge >= 0.3 is 0 Å². The van der Waals surface area contributed by atoms with E-state index in [2.05, 4.69) is 64.0 Å². The molecule has 0 bridgehead atoms. The summed E-state index contributed by atoms with van der Waals surface area (Å²) in [7, 11) is 0. The largest absolute Gasteiger partial charge is 0.340 e. The number of hydrogen-bond acceptors (Lipinski definition) is 3. The van der Waals surface area contributed by atoms with Crippen LogP contribution >= 0.6 is 0 Å². The van der Waals surface area contributed by atoms with Crippen LogP contribution in [0.2, 0.25) is 0 Å². The van der Waals surface area contributed by atoms with E-state index in [0.717, 1.165) is 35.0 Å². The van der Waals surface area contributed by atoms with E-state index in [1.807, 2.05) is 12.5 Å². The van der Waals surface area contributed by atoms with Gasteiger partial charge in [-0.05, 0) is 42.4 Å². The third kappa shape index (κ3) is 3.07. The Labute approximate surface area is 136 Å². The minimum absolute atomic E-state index is 0.551. The molecule has 3 aromatic rings. The van der Waals surface area contributed by atoms with E-state index in [9.17, 15) is 0 Å². The molecule has 4 nitrogen and oxygen atoms in total.